The van der Waals surface area contributed by atoms with Gasteiger partial charge in [-0.15, -0.1) is 11.3 Å². The Morgan fingerprint density at radius 3 is 2.95 bits per heavy atom. The number of anilines is 2. The molecule has 2 N–H and O–H groups in total. The number of carbonyl (C=O) groups is 1. The van der Waals surface area contributed by atoms with Crippen LogP contribution in [0.5, 0.6) is 0 Å². The van der Waals surface area contributed by atoms with Gasteiger partial charge in [-0.3, -0.25) is 4.79 Å². The quantitative estimate of drug-likeness (QED) is 0.878. The lowest BCUT2D eigenvalue weighted by Gasteiger charge is -2.04. The SMILES string of the molecule is O=C(CCNc1ncccn1)Nc1nc2c(s1)CCC2. The molecule has 0 unspecified atom stereocenters. The van der Waals surface area contributed by atoms with Crippen LogP contribution in [0.25, 0.3) is 0 Å². The molecular formula is C13H15N5OS. The summed E-state index contributed by atoms with van der Waals surface area (Å²) >= 11 is 1.59. The van der Waals surface area contributed by atoms with E-state index in [-0.39, 0.29) is 5.91 Å². The maximum Gasteiger partial charge on any atom is 0.227 e. The summed E-state index contributed by atoms with van der Waals surface area (Å²) in [5.41, 5.74) is 1.15. The summed E-state index contributed by atoms with van der Waals surface area (Å²) < 4.78 is 0. The smallest absolute Gasteiger partial charge is 0.227 e. The summed E-state index contributed by atoms with van der Waals surface area (Å²) in [6.07, 6.45) is 7.00. The number of hydrogen-bond acceptors (Lipinski definition) is 6. The molecule has 0 spiro atoms. The van der Waals surface area contributed by atoms with Crippen LogP contribution < -0.4 is 10.6 Å². The fraction of sp³-hybridized carbons (Fsp3) is 0.385. The van der Waals surface area contributed by atoms with Crippen molar-refractivity contribution in [2.24, 2.45) is 0 Å². The zero-order valence-corrected chi connectivity index (χ0v) is 11.7. The van der Waals surface area contributed by atoms with E-state index in [1.807, 2.05) is 0 Å². The Balaban J connectivity index is 1.45. The van der Waals surface area contributed by atoms with Gasteiger partial charge in [0.1, 0.15) is 0 Å². The largest absolute Gasteiger partial charge is 0.354 e. The van der Waals surface area contributed by atoms with Crippen LogP contribution in [0.4, 0.5) is 11.1 Å². The highest BCUT2D eigenvalue weighted by atomic mass is 32.1. The average molecular weight is 289 g/mol. The van der Waals surface area contributed by atoms with Gasteiger partial charge >= 0.3 is 0 Å². The van der Waals surface area contributed by atoms with Crippen LogP contribution in [0.1, 0.15) is 23.4 Å². The third-order valence-corrected chi connectivity index (χ3v) is 4.12. The van der Waals surface area contributed by atoms with Crippen molar-refractivity contribution in [1.82, 2.24) is 15.0 Å². The van der Waals surface area contributed by atoms with Crippen LogP contribution in [0.2, 0.25) is 0 Å². The molecule has 0 atom stereocenters. The van der Waals surface area contributed by atoms with E-state index in [1.54, 1.807) is 29.8 Å². The van der Waals surface area contributed by atoms with Gasteiger partial charge < -0.3 is 10.6 Å². The van der Waals surface area contributed by atoms with Crippen molar-refractivity contribution in [3.8, 4) is 0 Å². The standard InChI is InChI=1S/C13H15N5OS/c19-11(5-8-16-12-14-6-2-7-15-12)18-13-17-9-3-1-4-10(9)20-13/h2,6-7H,1,3-5,8H2,(H,14,15,16)(H,17,18,19). The van der Waals surface area contributed by atoms with Gasteiger partial charge in [0.05, 0.1) is 5.69 Å². The predicted octanol–water partition coefficient (Wildman–Crippen LogP) is 1.86. The minimum Gasteiger partial charge on any atom is -0.354 e. The van der Waals surface area contributed by atoms with Gasteiger partial charge in [0.15, 0.2) is 5.13 Å². The molecule has 0 bridgehead atoms. The molecule has 6 nitrogen and oxygen atoms in total. The van der Waals surface area contributed by atoms with E-state index in [2.05, 4.69) is 25.6 Å². The van der Waals surface area contributed by atoms with Gasteiger partial charge in [0.25, 0.3) is 0 Å². The van der Waals surface area contributed by atoms with Crippen LogP contribution in [0, 0.1) is 0 Å². The number of thiazole rings is 1. The van der Waals surface area contributed by atoms with Gasteiger partial charge in [-0.25, -0.2) is 15.0 Å². The molecule has 7 heteroatoms. The van der Waals surface area contributed by atoms with Crippen LogP contribution >= 0.6 is 11.3 Å². The van der Waals surface area contributed by atoms with Crippen molar-refractivity contribution in [3.63, 3.8) is 0 Å². The lowest BCUT2D eigenvalue weighted by molar-refractivity contribution is -0.115. The van der Waals surface area contributed by atoms with E-state index in [0.29, 0.717) is 18.9 Å². The molecular weight excluding hydrogens is 274 g/mol. The third kappa shape index (κ3) is 3.11. The molecule has 0 saturated heterocycles. The van der Waals surface area contributed by atoms with Crippen LogP contribution in [0.15, 0.2) is 18.5 Å². The van der Waals surface area contributed by atoms with Gasteiger partial charge in [-0.2, -0.15) is 0 Å². The topological polar surface area (TPSA) is 79.8 Å². The number of aryl methyl sites for hydroxylation is 2. The second kappa shape index (κ2) is 5.96. The second-order valence-electron chi connectivity index (χ2n) is 4.54. The van der Waals surface area contributed by atoms with E-state index < -0.39 is 0 Å². The fourth-order valence-electron chi connectivity index (χ4n) is 2.10. The number of fused-ring (bicyclic) bond motifs is 1. The Kier molecular flexibility index (Phi) is 3.87. The highest BCUT2D eigenvalue weighted by Gasteiger charge is 2.17. The minimum atomic E-state index is -0.0409. The lowest BCUT2D eigenvalue weighted by atomic mass is 10.4. The summed E-state index contributed by atoms with van der Waals surface area (Å²) in [5, 5.41) is 6.56. The number of nitrogens with zero attached hydrogens (tertiary/aromatic N) is 3. The minimum absolute atomic E-state index is 0.0409. The van der Waals surface area contributed by atoms with Gasteiger partial charge in [0, 0.05) is 30.2 Å². The normalized spacial score (nSPS) is 13.0. The van der Waals surface area contributed by atoms with Crippen LogP contribution in [-0.4, -0.2) is 27.4 Å². The van der Waals surface area contributed by atoms with Crippen molar-refractivity contribution >= 4 is 28.3 Å². The number of aromatic nitrogens is 3. The Labute approximate surface area is 120 Å². The fourth-order valence-corrected chi connectivity index (χ4v) is 3.17. The third-order valence-electron chi connectivity index (χ3n) is 3.04. The Morgan fingerprint density at radius 1 is 1.30 bits per heavy atom. The number of amides is 1. The molecule has 1 amide bonds. The average Bonchev–Trinajstić information content (AvgIpc) is 3.01. The molecule has 2 heterocycles. The summed E-state index contributed by atoms with van der Waals surface area (Å²) in [4.78, 5) is 25.6. The molecule has 2 aromatic heterocycles. The molecule has 0 saturated carbocycles. The second-order valence-corrected chi connectivity index (χ2v) is 5.62. The predicted molar refractivity (Wildman–Crippen MR) is 77.9 cm³/mol. The van der Waals surface area contributed by atoms with E-state index in [1.165, 1.54) is 11.3 Å². The first-order chi connectivity index (χ1) is 9.81. The summed E-state index contributed by atoms with van der Waals surface area (Å²) in [5.74, 6) is 0.495. The van der Waals surface area contributed by atoms with Crippen LogP contribution in [0.3, 0.4) is 0 Å². The zero-order valence-electron chi connectivity index (χ0n) is 10.9. The molecule has 0 radical (unpaired) electrons. The summed E-state index contributed by atoms with van der Waals surface area (Å²) in [6.45, 7) is 0.501. The number of nitrogens with one attached hydrogen (secondary N) is 2. The molecule has 0 aliphatic heterocycles. The first kappa shape index (κ1) is 13.0. The molecule has 1 aliphatic carbocycles. The van der Waals surface area contributed by atoms with Gasteiger partial charge in [-0.05, 0) is 25.3 Å². The van der Waals surface area contributed by atoms with E-state index >= 15 is 0 Å². The van der Waals surface area contributed by atoms with Gasteiger partial charge in [0.2, 0.25) is 11.9 Å². The molecule has 20 heavy (non-hydrogen) atoms. The monoisotopic (exact) mass is 289 g/mol. The Bertz CT molecular complexity index is 577. The van der Waals surface area contributed by atoms with Gasteiger partial charge in [-0.1, -0.05) is 0 Å². The highest BCUT2D eigenvalue weighted by Crippen LogP contribution is 2.30. The van der Waals surface area contributed by atoms with Crippen molar-refractivity contribution in [2.45, 2.75) is 25.7 Å². The van der Waals surface area contributed by atoms with Crippen molar-refractivity contribution in [3.05, 3.63) is 29.0 Å². The van der Waals surface area contributed by atoms with E-state index in [9.17, 15) is 4.79 Å². The van der Waals surface area contributed by atoms with E-state index in [0.717, 1.165) is 23.7 Å². The first-order valence-corrected chi connectivity index (χ1v) is 7.42. The van der Waals surface area contributed by atoms with Crippen molar-refractivity contribution < 1.29 is 4.79 Å². The summed E-state index contributed by atoms with van der Waals surface area (Å²) in [6, 6.07) is 1.75. The zero-order chi connectivity index (χ0) is 13.8. The first-order valence-electron chi connectivity index (χ1n) is 6.60. The molecule has 1 aliphatic rings. The lowest BCUT2D eigenvalue weighted by Crippen LogP contribution is -2.16. The van der Waals surface area contributed by atoms with Crippen LogP contribution in [-0.2, 0) is 17.6 Å². The number of rotatable bonds is 5. The number of hydrogen-bond donors (Lipinski definition) is 2. The Morgan fingerprint density at radius 2 is 2.15 bits per heavy atom. The van der Waals surface area contributed by atoms with E-state index in [4.69, 9.17) is 0 Å². The van der Waals surface area contributed by atoms with Crippen molar-refractivity contribution in [1.29, 1.82) is 0 Å². The molecule has 104 valence electrons. The number of carbonyl (C=O) groups excluding carboxylic acids is 1. The Hall–Kier alpha value is -2.02. The molecule has 3 rings (SSSR count). The van der Waals surface area contributed by atoms with Crippen molar-refractivity contribution in [2.75, 3.05) is 17.2 Å². The maximum absolute atomic E-state index is 11.8. The molecule has 2 aromatic rings. The summed E-state index contributed by atoms with van der Waals surface area (Å²) in [7, 11) is 0. The highest BCUT2D eigenvalue weighted by molar-refractivity contribution is 7.15. The molecule has 0 aromatic carbocycles. The molecule has 0 fully saturated rings. The maximum atomic E-state index is 11.8.